The molecule has 3 heteroatoms. The highest BCUT2D eigenvalue weighted by molar-refractivity contribution is 4.88. The summed E-state index contributed by atoms with van der Waals surface area (Å²) in [5.41, 5.74) is 6.31. The van der Waals surface area contributed by atoms with Crippen molar-refractivity contribution in [1.29, 1.82) is 0 Å². The molecule has 1 saturated heterocycles. The van der Waals surface area contributed by atoms with E-state index in [1.54, 1.807) is 0 Å². The van der Waals surface area contributed by atoms with Crippen LogP contribution in [0.5, 0.6) is 0 Å². The van der Waals surface area contributed by atoms with Gasteiger partial charge < -0.3 is 10.6 Å². The summed E-state index contributed by atoms with van der Waals surface area (Å²) in [6, 6.07) is 1.57. The van der Waals surface area contributed by atoms with Gasteiger partial charge in [-0.1, -0.05) is 20.3 Å². The second kappa shape index (κ2) is 6.58. The van der Waals surface area contributed by atoms with Crippen molar-refractivity contribution in [1.82, 2.24) is 9.80 Å². The van der Waals surface area contributed by atoms with Crippen LogP contribution in [-0.2, 0) is 0 Å². The molecule has 0 bridgehead atoms. The predicted molar refractivity (Wildman–Crippen MR) is 70.6 cm³/mol. The van der Waals surface area contributed by atoms with Gasteiger partial charge in [0.2, 0.25) is 0 Å². The van der Waals surface area contributed by atoms with Crippen molar-refractivity contribution < 1.29 is 0 Å². The number of hydrogen-bond donors (Lipinski definition) is 1. The standard InChI is InChI=1S/C13H29N3/c1-5-7-12(14)13(6-2)16-9-8-15(4)10-11(16)3/h11-13H,5-10,14H2,1-4H3. The summed E-state index contributed by atoms with van der Waals surface area (Å²) >= 11 is 0. The minimum absolute atomic E-state index is 0.348. The van der Waals surface area contributed by atoms with Gasteiger partial charge in [-0.15, -0.1) is 0 Å². The van der Waals surface area contributed by atoms with E-state index in [-0.39, 0.29) is 0 Å². The molecule has 3 atom stereocenters. The zero-order valence-electron chi connectivity index (χ0n) is 11.4. The van der Waals surface area contributed by atoms with Crippen LogP contribution in [0.25, 0.3) is 0 Å². The smallest absolute Gasteiger partial charge is 0.0248 e. The van der Waals surface area contributed by atoms with Crippen molar-refractivity contribution in [3.8, 4) is 0 Å². The lowest BCUT2D eigenvalue weighted by Crippen LogP contribution is -2.58. The van der Waals surface area contributed by atoms with E-state index in [2.05, 4.69) is 37.6 Å². The van der Waals surface area contributed by atoms with Gasteiger partial charge in [-0.25, -0.2) is 0 Å². The lowest BCUT2D eigenvalue weighted by Gasteiger charge is -2.44. The molecule has 0 aliphatic carbocycles. The van der Waals surface area contributed by atoms with Crippen LogP contribution >= 0.6 is 0 Å². The van der Waals surface area contributed by atoms with E-state index >= 15 is 0 Å². The highest BCUT2D eigenvalue weighted by Crippen LogP contribution is 2.18. The van der Waals surface area contributed by atoms with E-state index in [1.165, 1.54) is 32.5 Å². The van der Waals surface area contributed by atoms with Crippen molar-refractivity contribution in [3.63, 3.8) is 0 Å². The zero-order valence-corrected chi connectivity index (χ0v) is 11.4. The summed E-state index contributed by atoms with van der Waals surface area (Å²) in [4.78, 5) is 5.04. The number of likely N-dealkylation sites (N-methyl/N-ethyl adjacent to an activating group) is 1. The van der Waals surface area contributed by atoms with E-state index in [0.29, 0.717) is 18.1 Å². The largest absolute Gasteiger partial charge is 0.326 e. The molecular weight excluding hydrogens is 198 g/mol. The van der Waals surface area contributed by atoms with Crippen molar-refractivity contribution in [2.24, 2.45) is 5.73 Å². The minimum atomic E-state index is 0.348. The van der Waals surface area contributed by atoms with Crippen molar-refractivity contribution in [2.75, 3.05) is 26.7 Å². The van der Waals surface area contributed by atoms with Crippen LogP contribution in [0.4, 0.5) is 0 Å². The summed E-state index contributed by atoms with van der Waals surface area (Å²) in [6.45, 7) is 10.4. The van der Waals surface area contributed by atoms with E-state index in [4.69, 9.17) is 5.73 Å². The van der Waals surface area contributed by atoms with E-state index in [0.717, 1.165) is 6.42 Å². The first-order chi connectivity index (χ1) is 7.60. The maximum absolute atomic E-state index is 6.31. The fraction of sp³-hybridized carbons (Fsp3) is 1.00. The zero-order chi connectivity index (χ0) is 12.1. The molecular formula is C13H29N3. The van der Waals surface area contributed by atoms with Gasteiger partial charge in [-0.3, -0.25) is 4.90 Å². The van der Waals surface area contributed by atoms with Gasteiger partial charge in [-0.2, -0.15) is 0 Å². The second-order valence-corrected chi connectivity index (χ2v) is 5.28. The van der Waals surface area contributed by atoms with Crippen LogP contribution in [0.15, 0.2) is 0 Å². The first-order valence-corrected chi connectivity index (χ1v) is 6.80. The van der Waals surface area contributed by atoms with Crippen LogP contribution < -0.4 is 5.73 Å². The third-order valence-corrected chi connectivity index (χ3v) is 3.84. The molecule has 96 valence electrons. The third-order valence-electron chi connectivity index (χ3n) is 3.84. The molecule has 0 aromatic carbocycles. The molecule has 0 amide bonds. The molecule has 0 radical (unpaired) electrons. The maximum atomic E-state index is 6.31. The first-order valence-electron chi connectivity index (χ1n) is 6.80. The quantitative estimate of drug-likeness (QED) is 0.773. The lowest BCUT2D eigenvalue weighted by atomic mass is 9.97. The van der Waals surface area contributed by atoms with Gasteiger partial charge in [0.25, 0.3) is 0 Å². The average Bonchev–Trinajstić information content (AvgIpc) is 2.22. The molecule has 1 rings (SSSR count). The monoisotopic (exact) mass is 227 g/mol. The summed E-state index contributed by atoms with van der Waals surface area (Å²) in [5.74, 6) is 0. The predicted octanol–water partition coefficient (Wildman–Crippen LogP) is 1.53. The van der Waals surface area contributed by atoms with Gasteiger partial charge in [0.05, 0.1) is 0 Å². The molecule has 0 aromatic heterocycles. The Hall–Kier alpha value is -0.120. The summed E-state index contributed by atoms with van der Waals surface area (Å²) in [6.07, 6.45) is 3.52. The van der Waals surface area contributed by atoms with Crippen LogP contribution in [0.1, 0.15) is 40.0 Å². The van der Waals surface area contributed by atoms with Crippen molar-refractivity contribution in [3.05, 3.63) is 0 Å². The van der Waals surface area contributed by atoms with Crippen LogP contribution in [-0.4, -0.2) is 54.6 Å². The lowest BCUT2D eigenvalue weighted by molar-refractivity contribution is 0.0474. The summed E-state index contributed by atoms with van der Waals surface area (Å²) in [5, 5.41) is 0. The number of rotatable bonds is 5. The molecule has 1 fully saturated rings. The van der Waals surface area contributed by atoms with E-state index < -0.39 is 0 Å². The first kappa shape index (κ1) is 13.9. The van der Waals surface area contributed by atoms with Crippen LogP contribution in [0, 0.1) is 0 Å². The Balaban J connectivity index is 2.57. The van der Waals surface area contributed by atoms with E-state index in [1.807, 2.05) is 0 Å². The summed E-state index contributed by atoms with van der Waals surface area (Å²) < 4.78 is 0. The Bertz CT molecular complexity index is 192. The SMILES string of the molecule is CCCC(N)C(CC)N1CCN(C)CC1C. The van der Waals surface area contributed by atoms with Gasteiger partial charge in [-0.05, 0) is 26.8 Å². The van der Waals surface area contributed by atoms with Crippen molar-refractivity contribution in [2.45, 2.75) is 58.2 Å². The topological polar surface area (TPSA) is 32.5 Å². The van der Waals surface area contributed by atoms with Crippen molar-refractivity contribution >= 4 is 0 Å². The molecule has 1 heterocycles. The Kier molecular flexibility index (Phi) is 5.73. The second-order valence-electron chi connectivity index (χ2n) is 5.28. The maximum Gasteiger partial charge on any atom is 0.0248 e. The van der Waals surface area contributed by atoms with E-state index in [9.17, 15) is 0 Å². The van der Waals surface area contributed by atoms with Gasteiger partial charge in [0, 0.05) is 37.8 Å². The van der Waals surface area contributed by atoms with Gasteiger partial charge in [0.1, 0.15) is 0 Å². The summed E-state index contributed by atoms with van der Waals surface area (Å²) in [7, 11) is 2.21. The number of nitrogens with two attached hydrogens (primary N) is 1. The fourth-order valence-electron chi connectivity index (χ4n) is 2.96. The number of piperazine rings is 1. The molecule has 3 unspecified atom stereocenters. The molecule has 2 N–H and O–H groups in total. The Morgan fingerprint density at radius 1 is 1.31 bits per heavy atom. The Morgan fingerprint density at radius 3 is 2.50 bits per heavy atom. The molecule has 1 aliphatic rings. The minimum Gasteiger partial charge on any atom is -0.326 e. The van der Waals surface area contributed by atoms with Crippen LogP contribution in [0.2, 0.25) is 0 Å². The fourth-order valence-corrected chi connectivity index (χ4v) is 2.96. The normalized spacial score (nSPS) is 27.9. The third kappa shape index (κ3) is 3.44. The highest BCUT2D eigenvalue weighted by atomic mass is 15.3. The Morgan fingerprint density at radius 2 is 2.00 bits per heavy atom. The molecule has 3 nitrogen and oxygen atoms in total. The molecule has 16 heavy (non-hydrogen) atoms. The Labute approximate surface area is 101 Å². The highest BCUT2D eigenvalue weighted by Gasteiger charge is 2.29. The molecule has 1 aliphatic heterocycles. The average molecular weight is 227 g/mol. The van der Waals surface area contributed by atoms with Gasteiger partial charge >= 0.3 is 0 Å². The molecule has 0 spiro atoms. The number of nitrogens with zero attached hydrogens (tertiary/aromatic N) is 2. The van der Waals surface area contributed by atoms with Gasteiger partial charge in [0.15, 0.2) is 0 Å². The van der Waals surface area contributed by atoms with Crippen LogP contribution in [0.3, 0.4) is 0 Å². The molecule has 0 aromatic rings. The molecule has 0 saturated carbocycles. The number of hydrogen-bond acceptors (Lipinski definition) is 3.